The predicted octanol–water partition coefficient (Wildman–Crippen LogP) is 1.91. The standard InChI is InChI=1S/C17H21N3O3S/c1-13-8-9-14(11-16(13)24(22,23)19(2)3)17(21)20(4)12-15-7-5-6-10-18-15/h5-11H,12H2,1-4H3. The number of hydrogen-bond donors (Lipinski definition) is 0. The van der Waals surface area contributed by atoms with Crippen LogP contribution < -0.4 is 0 Å². The summed E-state index contributed by atoms with van der Waals surface area (Å²) >= 11 is 0. The fourth-order valence-electron chi connectivity index (χ4n) is 2.23. The zero-order valence-electron chi connectivity index (χ0n) is 14.2. The molecule has 0 saturated carbocycles. The number of rotatable bonds is 5. The number of carbonyl (C=O) groups excluding carboxylic acids is 1. The Hall–Kier alpha value is -2.25. The van der Waals surface area contributed by atoms with Crippen molar-refractivity contribution in [3.63, 3.8) is 0 Å². The molecule has 1 aromatic carbocycles. The van der Waals surface area contributed by atoms with Gasteiger partial charge < -0.3 is 4.90 Å². The lowest BCUT2D eigenvalue weighted by Crippen LogP contribution is -2.27. The third-order valence-corrected chi connectivity index (χ3v) is 5.62. The number of aromatic nitrogens is 1. The minimum absolute atomic E-state index is 0.143. The SMILES string of the molecule is Cc1ccc(C(=O)N(C)Cc2ccccn2)cc1S(=O)(=O)N(C)C. The molecule has 1 amide bonds. The molecule has 0 aliphatic heterocycles. The highest BCUT2D eigenvalue weighted by atomic mass is 32.2. The third-order valence-electron chi connectivity index (χ3n) is 3.67. The molecule has 24 heavy (non-hydrogen) atoms. The van der Waals surface area contributed by atoms with Gasteiger partial charge in [-0.2, -0.15) is 0 Å². The molecule has 0 unspecified atom stereocenters. The number of aryl methyl sites for hydroxylation is 1. The average molecular weight is 347 g/mol. The van der Waals surface area contributed by atoms with E-state index in [-0.39, 0.29) is 10.8 Å². The Morgan fingerprint density at radius 2 is 1.83 bits per heavy atom. The summed E-state index contributed by atoms with van der Waals surface area (Å²) < 4.78 is 25.9. The van der Waals surface area contributed by atoms with E-state index in [0.29, 0.717) is 17.7 Å². The lowest BCUT2D eigenvalue weighted by Gasteiger charge is -2.19. The van der Waals surface area contributed by atoms with Gasteiger partial charge in [-0.1, -0.05) is 12.1 Å². The monoisotopic (exact) mass is 347 g/mol. The highest BCUT2D eigenvalue weighted by molar-refractivity contribution is 7.89. The predicted molar refractivity (Wildman–Crippen MR) is 92.1 cm³/mol. The summed E-state index contributed by atoms with van der Waals surface area (Å²) in [5.41, 5.74) is 1.70. The van der Waals surface area contributed by atoms with Crippen LogP contribution in [0.2, 0.25) is 0 Å². The molecule has 2 rings (SSSR count). The van der Waals surface area contributed by atoms with Crippen LogP contribution in [-0.4, -0.2) is 49.7 Å². The topological polar surface area (TPSA) is 70.6 Å². The minimum atomic E-state index is -3.60. The first-order chi connectivity index (χ1) is 11.2. The minimum Gasteiger partial charge on any atom is -0.336 e. The van der Waals surface area contributed by atoms with Crippen molar-refractivity contribution in [2.45, 2.75) is 18.4 Å². The molecule has 0 N–H and O–H groups in total. The number of pyridine rings is 1. The molecular formula is C17H21N3O3S. The number of carbonyl (C=O) groups is 1. The Morgan fingerprint density at radius 3 is 2.42 bits per heavy atom. The fourth-order valence-corrected chi connectivity index (χ4v) is 3.38. The van der Waals surface area contributed by atoms with Crippen molar-refractivity contribution in [2.75, 3.05) is 21.1 Å². The van der Waals surface area contributed by atoms with Gasteiger partial charge in [-0.25, -0.2) is 12.7 Å². The van der Waals surface area contributed by atoms with Crippen LogP contribution in [0.3, 0.4) is 0 Å². The Labute approximate surface area is 142 Å². The van der Waals surface area contributed by atoms with Crippen LogP contribution in [0, 0.1) is 6.92 Å². The van der Waals surface area contributed by atoms with E-state index in [1.54, 1.807) is 32.3 Å². The second-order valence-electron chi connectivity index (χ2n) is 5.75. The van der Waals surface area contributed by atoms with Crippen molar-refractivity contribution < 1.29 is 13.2 Å². The zero-order chi connectivity index (χ0) is 17.9. The third kappa shape index (κ3) is 3.80. The normalized spacial score (nSPS) is 11.5. The van der Waals surface area contributed by atoms with Crippen molar-refractivity contribution in [2.24, 2.45) is 0 Å². The second kappa shape index (κ2) is 7.11. The molecule has 0 aliphatic carbocycles. The molecule has 7 heteroatoms. The van der Waals surface area contributed by atoms with E-state index in [9.17, 15) is 13.2 Å². The summed E-state index contributed by atoms with van der Waals surface area (Å²) in [6, 6.07) is 10.2. The quantitative estimate of drug-likeness (QED) is 0.828. The van der Waals surface area contributed by atoms with Gasteiger partial charge in [0.25, 0.3) is 5.91 Å². The summed E-state index contributed by atoms with van der Waals surface area (Å²) in [5.74, 6) is -0.254. The summed E-state index contributed by atoms with van der Waals surface area (Å²) in [5, 5.41) is 0. The molecule has 2 aromatic rings. The molecule has 1 heterocycles. The Morgan fingerprint density at radius 1 is 1.12 bits per heavy atom. The van der Waals surface area contributed by atoms with Crippen LogP contribution in [0.4, 0.5) is 0 Å². The van der Waals surface area contributed by atoms with Crippen LogP contribution in [0.25, 0.3) is 0 Å². The average Bonchev–Trinajstić information content (AvgIpc) is 2.55. The molecule has 0 fully saturated rings. The van der Waals surface area contributed by atoms with Crippen LogP contribution in [-0.2, 0) is 16.6 Å². The van der Waals surface area contributed by atoms with E-state index in [1.165, 1.54) is 25.1 Å². The number of nitrogens with zero attached hydrogens (tertiary/aromatic N) is 3. The number of sulfonamides is 1. The summed E-state index contributed by atoms with van der Waals surface area (Å²) in [7, 11) is 1.00. The van der Waals surface area contributed by atoms with Gasteiger partial charge in [0.15, 0.2) is 0 Å². The lowest BCUT2D eigenvalue weighted by atomic mass is 10.1. The van der Waals surface area contributed by atoms with Crippen molar-refractivity contribution in [3.05, 3.63) is 59.4 Å². The first-order valence-corrected chi connectivity index (χ1v) is 8.86. The number of amides is 1. The van der Waals surface area contributed by atoms with Gasteiger partial charge in [-0.15, -0.1) is 0 Å². The van der Waals surface area contributed by atoms with Crippen molar-refractivity contribution in [3.8, 4) is 0 Å². The molecule has 1 aromatic heterocycles. The van der Waals surface area contributed by atoms with E-state index in [2.05, 4.69) is 4.98 Å². The summed E-state index contributed by atoms with van der Waals surface area (Å²) in [6.07, 6.45) is 1.67. The molecule has 128 valence electrons. The largest absolute Gasteiger partial charge is 0.336 e. The highest BCUT2D eigenvalue weighted by Gasteiger charge is 2.22. The van der Waals surface area contributed by atoms with Gasteiger partial charge >= 0.3 is 0 Å². The molecule has 0 saturated heterocycles. The lowest BCUT2D eigenvalue weighted by molar-refractivity contribution is 0.0783. The van der Waals surface area contributed by atoms with Crippen molar-refractivity contribution in [1.82, 2.24) is 14.2 Å². The molecule has 0 spiro atoms. The van der Waals surface area contributed by atoms with Crippen LogP contribution in [0.5, 0.6) is 0 Å². The van der Waals surface area contributed by atoms with Gasteiger partial charge in [-0.05, 0) is 36.8 Å². The van der Waals surface area contributed by atoms with E-state index in [0.717, 1.165) is 10.00 Å². The second-order valence-corrected chi connectivity index (χ2v) is 7.87. The highest BCUT2D eigenvalue weighted by Crippen LogP contribution is 2.20. The molecule has 6 nitrogen and oxygen atoms in total. The maximum Gasteiger partial charge on any atom is 0.253 e. The van der Waals surface area contributed by atoms with E-state index >= 15 is 0 Å². The van der Waals surface area contributed by atoms with Gasteiger partial charge in [0.05, 0.1) is 17.1 Å². The van der Waals surface area contributed by atoms with E-state index in [4.69, 9.17) is 0 Å². The van der Waals surface area contributed by atoms with Crippen LogP contribution in [0.15, 0.2) is 47.5 Å². The first kappa shape index (κ1) is 18.1. The molecule has 0 bridgehead atoms. The Kier molecular flexibility index (Phi) is 5.36. The fraction of sp³-hybridized carbons (Fsp3) is 0.294. The van der Waals surface area contributed by atoms with E-state index < -0.39 is 10.0 Å². The first-order valence-electron chi connectivity index (χ1n) is 7.42. The van der Waals surface area contributed by atoms with Gasteiger partial charge in [0.2, 0.25) is 10.0 Å². The van der Waals surface area contributed by atoms with Crippen molar-refractivity contribution in [1.29, 1.82) is 0 Å². The number of benzene rings is 1. The zero-order valence-corrected chi connectivity index (χ0v) is 15.0. The molecule has 0 aliphatic rings. The smallest absolute Gasteiger partial charge is 0.253 e. The van der Waals surface area contributed by atoms with Gasteiger partial charge in [0, 0.05) is 32.9 Å². The van der Waals surface area contributed by atoms with Gasteiger partial charge in [-0.3, -0.25) is 9.78 Å². The van der Waals surface area contributed by atoms with Gasteiger partial charge in [0.1, 0.15) is 0 Å². The summed E-state index contributed by atoms with van der Waals surface area (Å²) in [4.78, 5) is 18.4. The molecule has 0 atom stereocenters. The number of hydrogen-bond acceptors (Lipinski definition) is 4. The molecule has 0 radical (unpaired) electrons. The van der Waals surface area contributed by atoms with Crippen molar-refractivity contribution >= 4 is 15.9 Å². The maximum absolute atomic E-state index is 12.6. The molecular weight excluding hydrogens is 326 g/mol. The summed E-state index contributed by atoms with van der Waals surface area (Å²) in [6.45, 7) is 2.06. The van der Waals surface area contributed by atoms with Crippen LogP contribution in [0.1, 0.15) is 21.6 Å². The van der Waals surface area contributed by atoms with E-state index in [1.807, 2.05) is 18.2 Å². The Balaban J connectivity index is 2.30. The Bertz CT molecular complexity index is 833. The maximum atomic E-state index is 12.6. The van der Waals surface area contributed by atoms with Crippen LogP contribution >= 0.6 is 0 Å².